The van der Waals surface area contributed by atoms with E-state index in [4.69, 9.17) is 5.73 Å². The maximum absolute atomic E-state index is 13.2. The average molecular weight is 512 g/mol. The summed E-state index contributed by atoms with van der Waals surface area (Å²) in [5.41, 5.74) is 1.58. The molecule has 0 unspecified atom stereocenters. The van der Waals surface area contributed by atoms with Gasteiger partial charge in [0, 0.05) is 12.5 Å². The molecule has 1 aromatic carbocycles. The van der Waals surface area contributed by atoms with E-state index in [1.54, 1.807) is 0 Å². The first-order chi connectivity index (χ1) is 16.5. The van der Waals surface area contributed by atoms with Crippen molar-refractivity contribution < 1.29 is 30.8 Å². The number of halogens is 4. The van der Waals surface area contributed by atoms with Crippen LogP contribution in [-0.2, 0) is 16.4 Å². The van der Waals surface area contributed by atoms with Crippen LogP contribution in [-0.4, -0.2) is 57.6 Å². The number of carbonyl (C=O) groups is 1. The molecule has 0 bridgehead atoms. The summed E-state index contributed by atoms with van der Waals surface area (Å²) in [5, 5.41) is 4.17. The summed E-state index contributed by atoms with van der Waals surface area (Å²) in [5.74, 6) is -1.30. The van der Waals surface area contributed by atoms with E-state index in [0.717, 1.165) is 24.5 Å². The van der Waals surface area contributed by atoms with Crippen LogP contribution in [0.2, 0.25) is 0 Å². The third-order valence-corrected chi connectivity index (χ3v) is 7.29. The van der Waals surface area contributed by atoms with Crippen LogP contribution < -0.4 is 5.73 Å². The SMILES string of the molecule is NC(=O)c1cnn(-c2ncc(F)cn2)c1C1CCN(Cc2ccc(S(=O)(=O)C(F)(F)F)cc2)CC1. The molecule has 2 aromatic heterocycles. The molecule has 1 fully saturated rings. The zero-order valence-electron chi connectivity index (χ0n) is 18.1. The minimum Gasteiger partial charge on any atom is -0.365 e. The van der Waals surface area contributed by atoms with E-state index in [0.29, 0.717) is 43.7 Å². The van der Waals surface area contributed by atoms with E-state index in [2.05, 4.69) is 20.0 Å². The first kappa shape index (κ1) is 24.7. The third-order valence-electron chi connectivity index (χ3n) is 5.79. The number of piperidine rings is 1. The van der Waals surface area contributed by atoms with Gasteiger partial charge in [0.25, 0.3) is 21.7 Å². The van der Waals surface area contributed by atoms with Crippen molar-refractivity contribution in [2.45, 2.75) is 35.7 Å². The summed E-state index contributed by atoms with van der Waals surface area (Å²) in [6, 6.07) is 4.62. The van der Waals surface area contributed by atoms with Gasteiger partial charge in [-0.3, -0.25) is 9.69 Å². The van der Waals surface area contributed by atoms with Crippen molar-refractivity contribution in [1.82, 2.24) is 24.6 Å². The second-order valence-electron chi connectivity index (χ2n) is 8.06. The van der Waals surface area contributed by atoms with Gasteiger partial charge in [-0.2, -0.15) is 18.3 Å². The highest BCUT2D eigenvalue weighted by atomic mass is 32.2. The van der Waals surface area contributed by atoms with E-state index >= 15 is 0 Å². The maximum Gasteiger partial charge on any atom is 0.501 e. The van der Waals surface area contributed by atoms with Crippen LogP contribution in [0.3, 0.4) is 0 Å². The molecule has 0 atom stereocenters. The first-order valence-corrected chi connectivity index (χ1v) is 11.9. The fourth-order valence-electron chi connectivity index (χ4n) is 4.05. The number of sulfone groups is 1. The summed E-state index contributed by atoms with van der Waals surface area (Å²) >= 11 is 0. The minimum absolute atomic E-state index is 0.102. The van der Waals surface area contributed by atoms with Crippen LogP contribution in [0.4, 0.5) is 17.6 Å². The standard InChI is InChI=1S/C21H20F4N6O3S/c22-15-9-27-20(28-10-15)31-18(17(11-29-31)19(26)32)14-5-7-30(8-6-14)12-13-1-3-16(4-2-13)35(33,34)21(23,24)25/h1-4,9-11,14H,5-8,12H2,(H2,26,32). The number of carbonyl (C=O) groups excluding carboxylic acids is 1. The predicted octanol–water partition coefficient (Wildman–Crippen LogP) is 2.57. The lowest BCUT2D eigenvalue weighted by Crippen LogP contribution is -2.33. The molecule has 14 heteroatoms. The second-order valence-corrected chi connectivity index (χ2v) is 10.0. The minimum atomic E-state index is -5.39. The number of primary amides is 1. The number of nitrogens with two attached hydrogens (primary N) is 1. The normalized spacial score (nSPS) is 15.9. The molecule has 4 rings (SSSR count). The van der Waals surface area contributed by atoms with Crippen LogP contribution in [0, 0.1) is 5.82 Å². The van der Waals surface area contributed by atoms with Crippen molar-refractivity contribution in [3.05, 3.63) is 65.5 Å². The number of likely N-dealkylation sites (tertiary alicyclic amines) is 1. The Balaban J connectivity index is 1.46. The Hall–Kier alpha value is -3.39. The van der Waals surface area contributed by atoms with E-state index in [9.17, 15) is 30.8 Å². The summed E-state index contributed by atoms with van der Waals surface area (Å²) < 4.78 is 75.8. The number of aromatic nitrogens is 4. The molecule has 35 heavy (non-hydrogen) atoms. The number of benzene rings is 1. The van der Waals surface area contributed by atoms with Gasteiger partial charge in [0.1, 0.15) is 0 Å². The summed E-state index contributed by atoms with van der Waals surface area (Å²) in [6.45, 7) is 1.57. The Morgan fingerprint density at radius 3 is 2.20 bits per heavy atom. The second kappa shape index (κ2) is 9.34. The lowest BCUT2D eigenvalue weighted by Gasteiger charge is -2.32. The monoisotopic (exact) mass is 512 g/mol. The molecule has 2 N–H and O–H groups in total. The predicted molar refractivity (Wildman–Crippen MR) is 115 cm³/mol. The molecular formula is C21H20F4N6O3S. The number of alkyl halides is 3. The summed E-state index contributed by atoms with van der Waals surface area (Å²) in [4.78, 5) is 21.1. The highest BCUT2D eigenvalue weighted by molar-refractivity contribution is 7.92. The highest BCUT2D eigenvalue weighted by Crippen LogP contribution is 2.33. The molecule has 0 spiro atoms. The summed E-state index contributed by atoms with van der Waals surface area (Å²) in [7, 11) is -5.39. The average Bonchev–Trinajstić information content (AvgIpc) is 3.25. The van der Waals surface area contributed by atoms with Crippen molar-refractivity contribution in [2.75, 3.05) is 13.1 Å². The zero-order valence-corrected chi connectivity index (χ0v) is 18.9. The van der Waals surface area contributed by atoms with Crippen LogP contribution in [0.1, 0.15) is 40.4 Å². The highest BCUT2D eigenvalue weighted by Gasteiger charge is 2.46. The van der Waals surface area contributed by atoms with Crippen LogP contribution in [0.25, 0.3) is 5.95 Å². The quantitative estimate of drug-likeness (QED) is 0.504. The van der Waals surface area contributed by atoms with Gasteiger partial charge in [0.05, 0.1) is 34.7 Å². The molecule has 0 aliphatic carbocycles. The van der Waals surface area contributed by atoms with Crippen molar-refractivity contribution >= 4 is 15.7 Å². The van der Waals surface area contributed by atoms with Crippen LogP contribution in [0.5, 0.6) is 0 Å². The lowest BCUT2D eigenvalue weighted by atomic mass is 9.90. The molecule has 0 saturated carbocycles. The smallest absolute Gasteiger partial charge is 0.365 e. The molecule has 9 nitrogen and oxygen atoms in total. The van der Waals surface area contributed by atoms with Gasteiger partial charge in [-0.15, -0.1) is 0 Å². The Morgan fingerprint density at radius 1 is 1.06 bits per heavy atom. The van der Waals surface area contributed by atoms with Gasteiger partial charge in [-0.25, -0.2) is 27.5 Å². The van der Waals surface area contributed by atoms with Crippen LogP contribution >= 0.6 is 0 Å². The Kier molecular flexibility index (Phi) is 6.60. The molecule has 3 heterocycles. The first-order valence-electron chi connectivity index (χ1n) is 10.5. The molecule has 1 saturated heterocycles. The number of hydrogen-bond donors (Lipinski definition) is 1. The number of hydrogen-bond acceptors (Lipinski definition) is 7. The molecule has 1 amide bonds. The van der Waals surface area contributed by atoms with Gasteiger partial charge in [0.15, 0.2) is 5.82 Å². The third kappa shape index (κ3) is 5.03. The topological polar surface area (TPSA) is 124 Å². The Labute approximate surface area is 197 Å². The summed E-state index contributed by atoms with van der Waals surface area (Å²) in [6.07, 6.45) is 4.52. The van der Waals surface area contributed by atoms with Crippen molar-refractivity contribution in [2.24, 2.45) is 5.73 Å². The maximum atomic E-state index is 13.2. The Bertz CT molecular complexity index is 1320. The van der Waals surface area contributed by atoms with Crippen molar-refractivity contribution in [3.8, 4) is 5.95 Å². The van der Waals surface area contributed by atoms with Gasteiger partial charge in [-0.1, -0.05) is 12.1 Å². The lowest BCUT2D eigenvalue weighted by molar-refractivity contribution is -0.0436. The van der Waals surface area contributed by atoms with E-state index in [1.807, 2.05) is 0 Å². The number of amides is 1. The fourth-order valence-corrected chi connectivity index (χ4v) is 4.81. The van der Waals surface area contributed by atoms with Gasteiger partial charge in [0.2, 0.25) is 0 Å². The van der Waals surface area contributed by atoms with Gasteiger partial charge in [-0.05, 0) is 43.6 Å². The number of nitrogens with zero attached hydrogens (tertiary/aromatic N) is 5. The van der Waals surface area contributed by atoms with Crippen molar-refractivity contribution in [1.29, 1.82) is 0 Å². The fraction of sp³-hybridized carbons (Fsp3) is 0.333. The van der Waals surface area contributed by atoms with Crippen molar-refractivity contribution in [3.63, 3.8) is 0 Å². The van der Waals surface area contributed by atoms with Gasteiger partial charge >= 0.3 is 5.51 Å². The largest absolute Gasteiger partial charge is 0.501 e. The molecule has 186 valence electrons. The molecule has 1 aliphatic heterocycles. The Morgan fingerprint density at radius 2 is 1.66 bits per heavy atom. The van der Waals surface area contributed by atoms with E-state index in [-0.39, 0.29) is 17.4 Å². The van der Waals surface area contributed by atoms with Gasteiger partial charge < -0.3 is 5.73 Å². The molecule has 1 aliphatic rings. The van der Waals surface area contributed by atoms with E-state index < -0.39 is 32.0 Å². The van der Waals surface area contributed by atoms with Crippen LogP contribution in [0.15, 0.2) is 47.8 Å². The van der Waals surface area contributed by atoms with E-state index in [1.165, 1.54) is 23.0 Å². The zero-order chi connectivity index (χ0) is 25.4. The molecular weight excluding hydrogens is 492 g/mol. The molecule has 3 aromatic rings. The molecule has 0 radical (unpaired) electrons. The number of rotatable bonds is 6.